The lowest BCUT2D eigenvalue weighted by Crippen LogP contribution is -2.42. The lowest BCUT2D eigenvalue weighted by Gasteiger charge is -2.33. The van der Waals surface area contributed by atoms with Gasteiger partial charge in [0.2, 0.25) is 0 Å². The number of nitrogens with one attached hydrogen (secondary N) is 1. The monoisotopic (exact) mass is 235 g/mol. The molecule has 0 spiro atoms. The van der Waals surface area contributed by atoms with E-state index in [1.165, 1.54) is 0 Å². The molecule has 1 aromatic carbocycles. The molecule has 1 aromatic rings. The predicted molar refractivity (Wildman–Crippen MR) is 68.2 cm³/mol. The van der Waals surface area contributed by atoms with Gasteiger partial charge >= 0.3 is 0 Å². The molecule has 94 valence electrons. The molecule has 3 N–H and O–H groups in total. The standard InChI is InChI=1S/C14H21NO2/c1-8(2)15-12-6-4-10-9(3)13(16)7-5-11(10)14(12)17/h5,7-8,12,14-17H,4,6H2,1-3H3. The molecule has 0 saturated heterocycles. The van der Waals surface area contributed by atoms with Gasteiger partial charge in [-0.2, -0.15) is 0 Å². The van der Waals surface area contributed by atoms with Gasteiger partial charge in [-0.15, -0.1) is 0 Å². The van der Waals surface area contributed by atoms with Gasteiger partial charge in [0.15, 0.2) is 0 Å². The number of benzene rings is 1. The molecule has 3 heteroatoms. The van der Waals surface area contributed by atoms with Crippen molar-refractivity contribution in [2.45, 2.75) is 51.8 Å². The first-order chi connectivity index (χ1) is 8.00. The average molecular weight is 235 g/mol. The summed E-state index contributed by atoms with van der Waals surface area (Å²) < 4.78 is 0. The van der Waals surface area contributed by atoms with Crippen molar-refractivity contribution >= 4 is 0 Å². The van der Waals surface area contributed by atoms with Crippen LogP contribution < -0.4 is 5.32 Å². The first-order valence-electron chi connectivity index (χ1n) is 6.26. The highest BCUT2D eigenvalue weighted by Crippen LogP contribution is 2.35. The van der Waals surface area contributed by atoms with Crippen LogP contribution in [0.5, 0.6) is 5.75 Å². The van der Waals surface area contributed by atoms with Crippen molar-refractivity contribution in [1.82, 2.24) is 5.32 Å². The molecule has 0 aromatic heterocycles. The van der Waals surface area contributed by atoms with Gasteiger partial charge in [0, 0.05) is 12.1 Å². The van der Waals surface area contributed by atoms with E-state index in [1.54, 1.807) is 6.07 Å². The molecule has 1 aliphatic rings. The van der Waals surface area contributed by atoms with Crippen LogP contribution in [-0.2, 0) is 6.42 Å². The van der Waals surface area contributed by atoms with Gasteiger partial charge in [-0.25, -0.2) is 0 Å². The van der Waals surface area contributed by atoms with E-state index >= 15 is 0 Å². The van der Waals surface area contributed by atoms with E-state index in [0.29, 0.717) is 11.8 Å². The third-order valence-corrected chi connectivity index (χ3v) is 3.56. The zero-order valence-electron chi connectivity index (χ0n) is 10.7. The molecule has 0 bridgehead atoms. The summed E-state index contributed by atoms with van der Waals surface area (Å²) in [5.74, 6) is 0.325. The molecule has 17 heavy (non-hydrogen) atoms. The summed E-state index contributed by atoms with van der Waals surface area (Å²) in [4.78, 5) is 0. The number of aliphatic hydroxyl groups is 1. The third-order valence-electron chi connectivity index (χ3n) is 3.56. The SMILES string of the molecule is Cc1c(O)ccc2c1CCC(NC(C)C)C2O. The van der Waals surface area contributed by atoms with Crippen molar-refractivity contribution in [1.29, 1.82) is 0 Å². The van der Waals surface area contributed by atoms with Gasteiger partial charge < -0.3 is 15.5 Å². The second-order valence-corrected chi connectivity index (χ2v) is 5.19. The summed E-state index contributed by atoms with van der Waals surface area (Å²) >= 11 is 0. The quantitative estimate of drug-likeness (QED) is 0.735. The minimum absolute atomic E-state index is 0.117. The number of phenols is 1. The second-order valence-electron chi connectivity index (χ2n) is 5.19. The normalized spacial score (nSPS) is 23.8. The zero-order chi connectivity index (χ0) is 12.6. The molecular formula is C14H21NO2. The molecular weight excluding hydrogens is 214 g/mol. The van der Waals surface area contributed by atoms with Gasteiger partial charge in [-0.3, -0.25) is 0 Å². The van der Waals surface area contributed by atoms with Crippen molar-refractivity contribution in [2.24, 2.45) is 0 Å². The molecule has 2 atom stereocenters. The number of fused-ring (bicyclic) bond motifs is 1. The molecule has 0 saturated carbocycles. The Morgan fingerprint density at radius 1 is 1.35 bits per heavy atom. The Morgan fingerprint density at radius 2 is 2.06 bits per heavy atom. The molecule has 0 radical (unpaired) electrons. The molecule has 0 heterocycles. The Labute approximate surface area is 102 Å². The van der Waals surface area contributed by atoms with E-state index in [-0.39, 0.29) is 6.04 Å². The van der Waals surface area contributed by atoms with Gasteiger partial charge in [0.05, 0.1) is 6.10 Å². The molecule has 3 nitrogen and oxygen atoms in total. The maximum atomic E-state index is 10.3. The van der Waals surface area contributed by atoms with Crippen LogP contribution in [0.4, 0.5) is 0 Å². The van der Waals surface area contributed by atoms with Gasteiger partial charge in [0.25, 0.3) is 0 Å². The topological polar surface area (TPSA) is 52.5 Å². The minimum atomic E-state index is -0.472. The Morgan fingerprint density at radius 3 is 2.71 bits per heavy atom. The smallest absolute Gasteiger partial charge is 0.118 e. The molecule has 2 rings (SSSR count). The fourth-order valence-electron chi connectivity index (χ4n) is 2.65. The van der Waals surface area contributed by atoms with Crippen molar-refractivity contribution in [3.63, 3.8) is 0 Å². The number of phenolic OH excluding ortho intramolecular Hbond substituents is 1. The summed E-state index contributed by atoms with van der Waals surface area (Å²) in [5.41, 5.74) is 2.98. The predicted octanol–water partition coefficient (Wildman–Crippen LogP) is 2.05. The summed E-state index contributed by atoms with van der Waals surface area (Å²) in [6.07, 6.45) is 1.36. The van der Waals surface area contributed by atoms with Crippen LogP contribution in [0.1, 0.15) is 43.1 Å². The average Bonchev–Trinajstić information content (AvgIpc) is 2.27. The maximum absolute atomic E-state index is 10.3. The van der Waals surface area contributed by atoms with Crippen LogP contribution in [0.15, 0.2) is 12.1 Å². The van der Waals surface area contributed by atoms with E-state index in [1.807, 2.05) is 13.0 Å². The van der Waals surface area contributed by atoms with Crippen molar-refractivity contribution < 1.29 is 10.2 Å². The van der Waals surface area contributed by atoms with Crippen molar-refractivity contribution in [3.8, 4) is 5.75 Å². The number of hydrogen-bond donors (Lipinski definition) is 3. The Kier molecular flexibility index (Phi) is 3.40. The number of aromatic hydroxyl groups is 1. The summed E-state index contributed by atoms with van der Waals surface area (Å²) in [6, 6.07) is 4.01. The molecule has 0 aliphatic heterocycles. The first-order valence-corrected chi connectivity index (χ1v) is 6.26. The lowest BCUT2D eigenvalue weighted by molar-refractivity contribution is 0.110. The van der Waals surface area contributed by atoms with E-state index in [4.69, 9.17) is 0 Å². The Balaban J connectivity index is 2.30. The van der Waals surface area contributed by atoms with E-state index < -0.39 is 6.10 Å². The molecule has 0 amide bonds. The third kappa shape index (κ3) is 2.31. The van der Waals surface area contributed by atoms with E-state index in [2.05, 4.69) is 19.2 Å². The molecule has 0 fully saturated rings. The number of aliphatic hydroxyl groups excluding tert-OH is 1. The number of rotatable bonds is 2. The fourth-order valence-corrected chi connectivity index (χ4v) is 2.65. The maximum Gasteiger partial charge on any atom is 0.118 e. The van der Waals surface area contributed by atoms with Crippen LogP contribution in [0.2, 0.25) is 0 Å². The van der Waals surface area contributed by atoms with Crippen LogP contribution in [0, 0.1) is 6.92 Å². The lowest BCUT2D eigenvalue weighted by atomic mass is 9.83. The van der Waals surface area contributed by atoms with E-state index in [9.17, 15) is 10.2 Å². The van der Waals surface area contributed by atoms with Crippen molar-refractivity contribution in [3.05, 3.63) is 28.8 Å². The number of hydrogen-bond acceptors (Lipinski definition) is 3. The molecule has 1 aliphatic carbocycles. The fraction of sp³-hybridized carbons (Fsp3) is 0.571. The molecule has 2 unspecified atom stereocenters. The highest BCUT2D eigenvalue weighted by molar-refractivity contribution is 5.46. The minimum Gasteiger partial charge on any atom is -0.508 e. The van der Waals surface area contributed by atoms with Crippen molar-refractivity contribution in [2.75, 3.05) is 0 Å². The highest BCUT2D eigenvalue weighted by atomic mass is 16.3. The summed E-state index contributed by atoms with van der Waals surface area (Å²) in [5, 5.41) is 23.4. The Hall–Kier alpha value is -1.06. The van der Waals surface area contributed by atoms with Crippen LogP contribution in [-0.4, -0.2) is 22.3 Å². The summed E-state index contributed by atoms with van der Waals surface area (Å²) in [7, 11) is 0. The van der Waals surface area contributed by atoms with Gasteiger partial charge in [-0.1, -0.05) is 19.9 Å². The summed E-state index contributed by atoms with van der Waals surface area (Å²) in [6.45, 7) is 6.09. The van der Waals surface area contributed by atoms with Gasteiger partial charge in [-0.05, 0) is 42.5 Å². The highest BCUT2D eigenvalue weighted by Gasteiger charge is 2.29. The van der Waals surface area contributed by atoms with Gasteiger partial charge in [0.1, 0.15) is 5.75 Å². The van der Waals surface area contributed by atoms with E-state index in [0.717, 1.165) is 29.5 Å². The van der Waals surface area contributed by atoms with Crippen LogP contribution in [0.25, 0.3) is 0 Å². The van der Waals surface area contributed by atoms with Crippen LogP contribution in [0.3, 0.4) is 0 Å². The second kappa shape index (κ2) is 4.67. The first kappa shape index (κ1) is 12.4. The zero-order valence-corrected chi connectivity index (χ0v) is 10.7. The van der Waals surface area contributed by atoms with Crippen LogP contribution >= 0.6 is 0 Å². The largest absolute Gasteiger partial charge is 0.508 e. The Bertz CT molecular complexity index is 415.